The Labute approximate surface area is 700 Å². The van der Waals surface area contributed by atoms with Gasteiger partial charge in [0.1, 0.15) is 17.1 Å². The molecule has 602 valence electrons. The van der Waals surface area contributed by atoms with E-state index in [0.29, 0.717) is 74.6 Å². The average Bonchev–Trinajstić information content (AvgIpc) is 1.67. The number of nitrogens with zero attached hydrogens (tertiary/aromatic N) is 17. The van der Waals surface area contributed by atoms with Crippen molar-refractivity contribution < 1.29 is 19.2 Å². The van der Waals surface area contributed by atoms with Crippen molar-refractivity contribution in [2.45, 2.75) is 67.2 Å². The minimum Gasteiger partial charge on any atom is -0.368 e. The number of halogens is 4. The van der Waals surface area contributed by atoms with Gasteiger partial charge < -0.3 is 43.8 Å². The molecule has 4 fully saturated rings. The van der Waals surface area contributed by atoms with Gasteiger partial charge in [0.2, 0.25) is 0 Å². The molecule has 0 aliphatic carbocycles. The first-order valence-corrected chi connectivity index (χ1v) is 41.6. The molecule has 4 amide bonds. The zero-order chi connectivity index (χ0) is 81.5. The molecule has 0 N–H and O–H groups in total. The van der Waals surface area contributed by atoms with Crippen LogP contribution in [-0.4, -0.2) is 215 Å². The normalized spacial score (nSPS) is 14.7. The van der Waals surface area contributed by atoms with Gasteiger partial charge in [0.05, 0.1) is 83.6 Å². The van der Waals surface area contributed by atoms with E-state index >= 15 is 0 Å². The number of benzene rings is 7. The number of hydrogen-bond acceptors (Lipinski definition) is 12. The lowest BCUT2D eigenvalue weighted by molar-refractivity contribution is 0.0638. The highest BCUT2D eigenvalue weighted by atomic mass is 35.5. The Morgan fingerprint density at radius 2 is 0.931 bits per heavy atom. The third kappa shape index (κ3) is 19.2. The van der Waals surface area contributed by atoms with Crippen molar-refractivity contribution in [3.8, 4) is 45.4 Å². The number of likely N-dealkylation sites (N-methyl/N-ethyl adjacent to an activating group) is 2. The fourth-order valence-electron chi connectivity index (χ4n) is 15.3. The van der Waals surface area contributed by atoms with Crippen LogP contribution in [0.15, 0.2) is 213 Å². The highest BCUT2D eigenvalue weighted by molar-refractivity contribution is 6.42. The molecule has 116 heavy (non-hydrogen) atoms. The summed E-state index contributed by atoms with van der Waals surface area (Å²) in [5.41, 5.74) is 17.0. The van der Waals surface area contributed by atoms with Crippen molar-refractivity contribution >= 4 is 81.4 Å². The fraction of sp³-hybridized carbons (Fsp3) is 0.319. The molecule has 0 radical (unpaired) electrons. The predicted octanol–water partition coefficient (Wildman–Crippen LogP) is 16.6. The monoisotopic (exact) mass is 1640 g/mol. The molecule has 7 aromatic carbocycles. The second-order valence-corrected chi connectivity index (χ2v) is 31.1. The Morgan fingerprint density at radius 3 is 1.49 bits per heavy atom. The summed E-state index contributed by atoms with van der Waals surface area (Å²) < 4.78 is 9.14. The molecule has 0 unspecified atom stereocenters. The molecule has 4 aliphatic heterocycles. The van der Waals surface area contributed by atoms with E-state index in [2.05, 4.69) is 116 Å². The first-order valence-electron chi connectivity index (χ1n) is 40.1. The highest BCUT2D eigenvalue weighted by Gasteiger charge is 2.33. The highest BCUT2D eigenvalue weighted by Crippen LogP contribution is 2.33. The van der Waals surface area contributed by atoms with Gasteiger partial charge >= 0.3 is 0 Å². The van der Waals surface area contributed by atoms with Gasteiger partial charge in [0, 0.05) is 140 Å². The van der Waals surface area contributed by atoms with Gasteiger partial charge in [-0.2, -0.15) is 20.4 Å². The van der Waals surface area contributed by atoms with Crippen LogP contribution >= 0.6 is 46.4 Å². The molecule has 12 aromatic rings. The Hall–Kier alpha value is -10.8. The topological polar surface area (TPSA) is 170 Å². The molecule has 0 bridgehead atoms. The zero-order valence-electron chi connectivity index (χ0n) is 67.3. The Bertz CT molecular complexity index is 5350. The maximum atomic E-state index is 13.7. The van der Waals surface area contributed by atoms with Gasteiger partial charge in [-0.3, -0.25) is 19.2 Å². The van der Waals surface area contributed by atoms with E-state index in [9.17, 15) is 19.2 Å². The van der Waals surface area contributed by atoms with Gasteiger partial charge in [0.15, 0.2) is 0 Å². The van der Waals surface area contributed by atoms with Crippen LogP contribution in [-0.2, 0) is 26.3 Å². The summed E-state index contributed by atoms with van der Waals surface area (Å²) in [7, 11) is 4.05. The third-order valence-electron chi connectivity index (χ3n) is 21.9. The molecule has 16 rings (SSSR count). The first-order chi connectivity index (χ1) is 56.3. The molecule has 4 aliphatic rings. The van der Waals surface area contributed by atoms with E-state index in [0.717, 1.165) is 167 Å². The quantitative estimate of drug-likeness (QED) is 0.0846. The van der Waals surface area contributed by atoms with Gasteiger partial charge in [0.25, 0.3) is 23.6 Å². The molecular weight excluding hydrogens is 1540 g/mol. The number of carbonyl (C=O) groups excluding carboxylic acids is 4. The summed E-state index contributed by atoms with van der Waals surface area (Å²) in [5.74, 6) is 0.143. The molecule has 0 saturated carbocycles. The van der Waals surface area contributed by atoms with Crippen LogP contribution in [0.25, 0.3) is 45.4 Å². The van der Waals surface area contributed by atoms with Crippen LogP contribution in [0, 0.1) is 13.8 Å². The summed E-state index contributed by atoms with van der Waals surface area (Å²) in [6.45, 7) is 26.4. The van der Waals surface area contributed by atoms with E-state index in [1.54, 1.807) is 27.7 Å². The smallest absolute Gasteiger partial charge is 0.272 e. The lowest BCUT2D eigenvalue weighted by Gasteiger charge is -2.36. The minimum absolute atomic E-state index is 0.0349. The van der Waals surface area contributed by atoms with Crippen molar-refractivity contribution in [2.75, 3.05) is 128 Å². The number of aromatic nitrogens is 9. The summed E-state index contributed by atoms with van der Waals surface area (Å²) >= 11 is 25.0. The third-order valence-corrected chi connectivity index (χ3v) is 23.2. The molecule has 9 heterocycles. The van der Waals surface area contributed by atoms with Crippen LogP contribution in [0.4, 0.5) is 11.4 Å². The van der Waals surface area contributed by atoms with E-state index in [1.165, 1.54) is 22.5 Å². The van der Waals surface area contributed by atoms with Crippen molar-refractivity contribution in [3.63, 3.8) is 0 Å². The molecule has 21 nitrogen and oxygen atoms in total. The number of carbonyl (C=O) groups is 4. The fourth-order valence-corrected chi connectivity index (χ4v) is 16.0. The van der Waals surface area contributed by atoms with E-state index < -0.39 is 0 Å². The maximum Gasteiger partial charge on any atom is 0.272 e. The first kappa shape index (κ1) is 83.2. The number of piperazine rings is 4. The van der Waals surface area contributed by atoms with Crippen LogP contribution in [0.2, 0.25) is 20.1 Å². The van der Waals surface area contributed by atoms with Crippen LogP contribution in [0.3, 0.4) is 0 Å². The van der Waals surface area contributed by atoms with Gasteiger partial charge in [-0.15, -0.1) is 0 Å². The summed E-state index contributed by atoms with van der Waals surface area (Å²) in [4.78, 5) is 70.6. The van der Waals surface area contributed by atoms with Gasteiger partial charge in [-0.05, 0) is 155 Å². The zero-order valence-corrected chi connectivity index (χ0v) is 70.3. The van der Waals surface area contributed by atoms with E-state index in [1.807, 2.05) is 192 Å². The van der Waals surface area contributed by atoms with Crippen LogP contribution < -0.4 is 9.80 Å². The van der Waals surface area contributed by atoms with Crippen LogP contribution in [0.5, 0.6) is 0 Å². The Kier molecular flexibility index (Phi) is 27.8. The molecule has 25 heteroatoms. The standard InChI is InChI=1S/C27H24Cl2N4O.C26H26ClN5O.C20H28N4O.C18H23ClN4O/c1-19-7-5-6-10-25(19)31-13-15-32(16-14-31)27(34)26-18-24(20-8-3-2-4-9-20)30-33(26)21-11-12-22(28)23(29)17-21;1-19-8-3-5-10-22(19)30-14-16-31(17-15-30)26(33)25-18-21(24-12-7-13-29(24)2)28-32(25)23-11-6-4-9-20(23)27;1-4-17-19(20(25)23-14-12-22(6-3)13-15-23)18(5-2)24(21-17)16-10-8-7-9-11-16;1-3-5-17-16(18(24)22-10-8-21(2)9-11-22)13-20-23(17)15-7-4-6-14(19)12-15/h2-12,17-18H,13-16H2,1H3;3-13,18H,14-17H2,1-2H3;7-11H,4-6,12-15H2,1-3H3;4,6-7,12-13H,3,5,8-11H2,1-2H3. The molecular formula is C91H101Cl4N17O4. The van der Waals surface area contributed by atoms with Crippen LogP contribution in [0.1, 0.15) is 104 Å². The molecule has 5 aromatic heterocycles. The van der Waals surface area contributed by atoms with Crippen molar-refractivity contribution in [1.29, 1.82) is 0 Å². The Morgan fingerprint density at radius 1 is 0.405 bits per heavy atom. The van der Waals surface area contributed by atoms with Crippen molar-refractivity contribution in [1.82, 2.24) is 73.1 Å². The molecule has 0 atom stereocenters. The maximum absolute atomic E-state index is 13.7. The number of rotatable bonds is 17. The van der Waals surface area contributed by atoms with Gasteiger partial charge in [-0.25, -0.2) is 18.7 Å². The number of amides is 4. The van der Waals surface area contributed by atoms with E-state index in [4.69, 9.17) is 61.7 Å². The lowest BCUT2D eigenvalue weighted by Crippen LogP contribution is -2.49. The van der Waals surface area contributed by atoms with E-state index in [-0.39, 0.29) is 23.6 Å². The average molecular weight is 1640 g/mol. The molecule has 0 spiro atoms. The largest absolute Gasteiger partial charge is 0.368 e. The minimum atomic E-state index is -0.0508. The molecule has 4 saturated heterocycles. The number of hydrogen-bond donors (Lipinski definition) is 0. The second-order valence-electron chi connectivity index (χ2n) is 29.4. The second kappa shape index (κ2) is 38.8. The lowest BCUT2D eigenvalue weighted by atomic mass is 10.1. The summed E-state index contributed by atoms with van der Waals surface area (Å²) in [5, 5.41) is 20.9. The van der Waals surface area contributed by atoms with Crippen molar-refractivity contribution in [3.05, 3.63) is 283 Å². The number of aryl methyl sites for hydroxylation is 4. The number of anilines is 2. The summed E-state index contributed by atoms with van der Waals surface area (Å²) in [6, 6.07) is 64.7. The summed E-state index contributed by atoms with van der Waals surface area (Å²) in [6.07, 6.45) is 6.99. The number of para-hydroxylation sites is 4. The van der Waals surface area contributed by atoms with Crippen molar-refractivity contribution in [2.24, 2.45) is 7.05 Å². The Balaban J connectivity index is 0.000000136. The van der Waals surface area contributed by atoms with Gasteiger partial charge in [-0.1, -0.05) is 184 Å². The SMILES string of the molecule is CCCc1c(C(=O)N2CCN(C)CC2)cnn1-c1cccc(Cl)c1.CCc1nn(-c2ccccc2)c(CC)c1C(=O)N1CCN(CC)CC1.Cc1ccccc1N1CCN(C(=O)c2cc(-c3ccccc3)nn2-c2ccc(Cl)c(Cl)c2)CC1.Cc1ccccc1N1CCN(C(=O)c2cc(-c3cccn3C)nn2-c2ccccc2Cl)CC1. The predicted molar refractivity (Wildman–Crippen MR) is 467 cm³/mol.